The fourth-order valence-corrected chi connectivity index (χ4v) is 4.03. The number of allylic oxidation sites excluding steroid dienone is 1. The van der Waals surface area contributed by atoms with Crippen molar-refractivity contribution in [2.24, 2.45) is 0 Å². The molecular weight excluding hydrogens is 459 g/mol. The van der Waals surface area contributed by atoms with Crippen molar-refractivity contribution in [2.45, 2.75) is 57.5 Å². The Morgan fingerprint density at radius 3 is 1.75 bits per heavy atom. The summed E-state index contributed by atoms with van der Waals surface area (Å²) in [6.07, 6.45) is -1.63. The zero-order valence-electron chi connectivity index (χ0n) is 20.4. The van der Waals surface area contributed by atoms with Crippen LogP contribution >= 0.6 is 0 Å². The van der Waals surface area contributed by atoms with Crippen LogP contribution in [0.2, 0.25) is 0 Å². The molecule has 1 fully saturated rings. The summed E-state index contributed by atoms with van der Waals surface area (Å²) in [5.74, 6) is 0. The predicted octanol–water partition coefficient (Wildman–Crippen LogP) is 5.99. The van der Waals surface area contributed by atoms with Crippen LogP contribution < -0.4 is 0 Å². The molecule has 0 bridgehead atoms. The number of halogens is 1. The van der Waals surface area contributed by atoms with Gasteiger partial charge < -0.3 is 23.7 Å². The third-order valence-electron chi connectivity index (χ3n) is 5.88. The molecule has 0 saturated carbocycles. The molecule has 1 aliphatic rings. The Hall–Kier alpha value is -3.03. The van der Waals surface area contributed by atoms with Gasteiger partial charge in [-0.05, 0) is 23.6 Å². The summed E-state index contributed by atoms with van der Waals surface area (Å²) in [4.78, 5) is 0. The van der Waals surface area contributed by atoms with E-state index in [4.69, 9.17) is 23.7 Å². The summed E-state index contributed by atoms with van der Waals surface area (Å²) in [6.45, 7) is 2.77. The van der Waals surface area contributed by atoms with E-state index in [9.17, 15) is 0 Å². The molecule has 1 saturated heterocycles. The Labute approximate surface area is 212 Å². The lowest BCUT2D eigenvalue weighted by molar-refractivity contribution is -0.300. The predicted molar refractivity (Wildman–Crippen MR) is 136 cm³/mol. The summed E-state index contributed by atoms with van der Waals surface area (Å²) in [5.41, 5.74) is 2.92. The molecule has 0 unspecified atom stereocenters. The van der Waals surface area contributed by atoms with E-state index in [2.05, 4.69) is 0 Å². The minimum Gasteiger partial charge on any atom is -0.470 e. The summed E-state index contributed by atoms with van der Waals surface area (Å²) in [6, 6.07) is 29.2. The second-order valence-electron chi connectivity index (χ2n) is 8.62. The van der Waals surface area contributed by atoms with E-state index >= 15 is 4.39 Å². The van der Waals surface area contributed by atoms with Gasteiger partial charge in [-0.3, -0.25) is 0 Å². The second-order valence-corrected chi connectivity index (χ2v) is 8.62. The Morgan fingerprint density at radius 1 is 0.722 bits per heavy atom. The van der Waals surface area contributed by atoms with Crippen molar-refractivity contribution in [2.75, 3.05) is 6.61 Å². The van der Waals surface area contributed by atoms with E-state index < -0.39 is 30.8 Å². The first-order valence-corrected chi connectivity index (χ1v) is 12.2. The topological polar surface area (TPSA) is 46.2 Å². The Balaban J connectivity index is 1.49. The zero-order chi connectivity index (χ0) is 25.0. The number of hydrogen-bond donors (Lipinski definition) is 0. The first kappa shape index (κ1) is 26.0. The van der Waals surface area contributed by atoms with Gasteiger partial charge in [-0.25, -0.2) is 4.39 Å². The van der Waals surface area contributed by atoms with Gasteiger partial charge in [0.15, 0.2) is 6.17 Å². The van der Waals surface area contributed by atoms with Gasteiger partial charge in [0.2, 0.25) is 6.29 Å². The van der Waals surface area contributed by atoms with Crippen LogP contribution in [-0.4, -0.2) is 37.4 Å². The third-order valence-corrected chi connectivity index (χ3v) is 5.88. The Kier molecular flexibility index (Phi) is 10.1. The van der Waals surface area contributed by atoms with Gasteiger partial charge in [0.1, 0.15) is 18.3 Å². The van der Waals surface area contributed by atoms with Gasteiger partial charge in [-0.15, -0.1) is 0 Å². The minimum atomic E-state index is -1.48. The van der Waals surface area contributed by atoms with Crippen molar-refractivity contribution in [3.8, 4) is 0 Å². The molecule has 3 aromatic carbocycles. The number of benzene rings is 3. The van der Waals surface area contributed by atoms with E-state index in [1.165, 1.54) is 6.26 Å². The Morgan fingerprint density at radius 2 is 1.22 bits per heavy atom. The zero-order valence-corrected chi connectivity index (χ0v) is 20.4. The van der Waals surface area contributed by atoms with E-state index in [1.807, 2.05) is 97.9 Å². The summed E-state index contributed by atoms with van der Waals surface area (Å²) in [7, 11) is 0. The van der Waals surface area contributed by atoms with Crippen molar-refractivity contribution in [3.63, 3.8) is 0 Å². The van der Waals surface area contributed by atoms with Crippen LogP contribution in [0.3, 0.4) is 0 Å². The quantitative estimate of drug-likeness (QED) is 0.291. The lowest BCUT2D eigenvalue weighted by Gasteiger charge is -2.42. The van der Waals surface area contributed by atoms with Crippen LogP contribution in [0.1, 0.15) is 23.6 Å². The van der Waals surface area contributed by atoms with Crippen molar-refractivity contribution in [3.05, 3.63) is 120 Å². The van der Waals surface area contributed by atoms with E-state index in [-0.39, 0.29) is 19.8 Å². The summed E-state index contributed by atoms with van der Waals surface area (Å²) >= 11 is 0. The normalized spacial score (nSPS) is 24.1. The molecule has 5 nitrogen and oxygen atoms in total. The largest absolute Gasteiger partial charge is 0.470 e. The molecule has 1 heterocycles. The highest BCUT2D eigenvalue weighted by molar-refractivity contribution is 5.15. The maximum Gasteiger partial charge on any atom is 0.228 e. The molecule has 0 aliphatic carbocycles. The van der Waals surface area contributed by atoms with Crippen LogP contribution in [0, 0.1) is 0 Å². The van der Waals surface area contributed by atoms with Crippen molar-refractivity contribution in [1.82, 2.24) is 0 Å². The highest BCUT2D eigenvalue weighted by atomic mass is 19.1. The smallest absolute Gasteiger partial charge is 0.228 e. The van der Waals surface area contributed by atoms with Crippen molar-refractivity contribution in [1.29, 1.82) is 0 Å². The third kappa shape index (κ3) is 7.48. The maximum atomic E-state index is 15.9. The average molecular weight is 493 g/mol. The monoisotopic (exact) mass is 492 g/mol. The fraction of sp³-hybridized carbons (Fsp3) is 0.333. The molecule has 190 valence electrons. The molecule has 0 N–H and O–H groups in total. The van der Waals surface area contributed by atoms with Gasteiger partial charge in [0.25, 0.3) is 0 Å². The molecule has 3 aromatic rings. The van der Waals surface area contributed by atoms with Crippen LogP contribution in [-0.2, 0) is 43.5 Å². The van der Waals surface area contributed by atoms with E-state index in [0.717, 1.165) is 16.7 Å². The average Bonchev–Trinajstić information content (AvgIpc) is 2.93. The summed E-state index contributed by atoms with van der Waals surface area (Å²) in [5, 5.41) is 0. The van der Waals surface area contributed by atoms with Crippen molar-refractivity contribution >= 4 is 0 Å². The molecule has 0 spiro atoms. The van der Waals surface area contributed by atoms with Crippen LogP contribution in [0.5, 0.6) is 0 Å². The van der Waals surface area contributed by atoms with Gasteiger partial charge in [0, 0.05) is 0 Å². The van der Waals surface area contributed by atoms with E-state index in [0.29, 0.717) is 6.61 Å². The van der Waals surface area contributed by atoms with Gasteiger partial charge >= 0.3 is 0 Å². The number of hydrogen-bond acceptors (Lipinski definition) is 5. The van der Waals surface area contributed by atoms with Crippen molar-refractivity contribution < 1.29 is 28.1 Å². The Bertz CT molecular complexity index is 1030. The van der Waals surface area contributed by atoms with Crippen LogP contribution in [0.15, 0.2) is 103 Å². The first-order valence-electron chi connectivity index (χ1n) is 12.2. The number of alkyl halides is 1. The second kappa shape index (κ2) is 13.9. The molecule has 0 radical (unpaired) electrons. The molecular formula is C30H33FO5. The van der Waals surface area contributed by atoms with Gasteiger partial charge in [0.05, 0.1) is 32.7 Å². The first-order chi connectivity index (χ1) is 17.7. The molecule has 4 rings (SSSR count). The van der Waals surface area contributed by atoms with Gasteiger partial charge in [-0.2, -0.15) is 0 Å². The lowest BCUT2D eigenvalue weighted by Crippen LogP contribution is -2.59. The lowest BCUT2D eigenvalue weighted by atomic mass is 9.99. The highest BCUT2D eigenvalue weighted by Gasteiger charge is 2.49. The molecule has 1 aliphatic heterocycles. The van der Waals surface area contributed by atoms with Gasteiger partial charge in [-0.1, -0.05) is 97.1 Å². The molecule has 36 heavy (non-hydrogen) atoms. The molecule has 5 atom stereocenters. The van der Waals surface area contributed by atoms with Crippen LogP contribution in [0.4, 0.5) is 4.39 Å². The molecule has 0 amide bonds. The van der Waals surface area contributed by atoms with Crippen LogP contribution in [0.25, 0.3) is 0 Å². The maximum absolute atomic E-state index is 15.9. The number of rotatable bonds is 12. The summed E-state index contributed by atoms with van der Waals surface area (Å²) < 4.78 is 46.0. The fourth-order valence-electron chi connectivity index (χ4n) is 4.03. The van der Waals surface area contributed by atoms with E-state index in [1.54, 1.807) is 6.08 Å². The SMILES string of the molecule is C/C=C/O[C@H]1O[C@H](COCc2ccccc2)[C@H](F)[C@H](OCc2ccccc2)[C@H]1OCc1ccccc1. The standard InChI is InChI=1S/C30H33FO5/c1-2-18-33-30-29(35-21-25-16-10-5-11-17-25)28(34-20-24-14-8-4-9-15-24)27(31)26(36-30)22-32-19-23-12-6-3-7-13-23/h2-18,26-30H,19-22H2,1H3/b18-2+/t26-,27+,28+,29-,30+/m1/s1. The molecule has 0 aromatic heterocycles. The number of ether oxygens (including phenoxy) is 5. The molecule has 6 heteroatoms. The minimum absolute atomic E-state index is 0.0579. The highest BCUT2D eigenvalue weighted by Crippen LogP contribution is 2.31.